The average molecular weight is 278 g/mol. The minimum atomic E-state index is -0.302. The van der Waals surface area contributed by atoms with E-state index < -0.39 is 0 Å². The number of aryl methyl sites for hydroxylation is 1. The number of fused-ring (bicyclic) bond motifs is 1. The monoisotopic (exact) mass is 278 g/mol. The maximum Gasteiger partial charge on any atom is 0.336 e. The van der Waals surface area contributed by atoms with Crippen LogP contribution in [0, 0.1) is 12.8 Å². The van der Waals surface area contributed by atoms with Crippen molar-refractivity contribution < 1.29 is 9.52 Å². The first-order valence-electron chi connectivity index (χ1n) is 6.32. The molecular weight excluding hydrogens is 260 g/mol. The van der Waals surface area contributed by atoms with Crippen molar-refractivity contribution in [2.75, 3.05) is 12.4 Å². The predicted molar refractivity (Wildman–Crippen MR) is 79.6 cm³/mol. The first-order valence-corrected chi connectivity index (χ1v) is 7.47. The van der Waals surface area contributed by atoms with Crippen molar-refractivity contribution in [1.29, 1.82) is 0 Å². The number of thioether (sulfide) groups is 1. The maximum atomic E-state index is 11.6. The lowest BCUT2D eigenvalue weighted by Gasteiger charge is -2.08. The molecule has 102 valence electrons. The Morgan fingerprint density at radius 1 is 1.37 bits per heavy atom. The van der Waals surface area contributed by atoms with Gasteiger partial charge in [0.2, 0.25) is 0 Å². The largest absolute Gasteiger partial charge is 0.423 e. The molecule has 1 aromatic carbocycles. The number of aliphatic hydroxyl groups is 1. The first kappa shape index (κ1) is 14.2. The molecule has 2 rings (SSSR count). The van der Waals surface area contributed by atoms with Crippen LogP contribution in [0.5, 0.6) is 0 Å². The summed E-state index contributed by atoms with van der Waals surface area (Å²) >= 11 is 1.73. The molecule has 0 aliphatic rings. The van der Waals surface area contributed by atoms with Gasteiger partial charge in [0.15, 0.2) is 0 Å². The maximum absolute atomic E-state index is 11.6. The summed E-state index contributed by atoms with van der Waals surface area (Å²) in [5.41, 5.74) is 2.43. The van der Waals surface area contributed by atoms with Gasteiger partial charge in [0.1, 0.15) is 5.58 Å². The van der Waals surface area contributed by atoms with Gasteiger partial charge in [-0.25, -0.2) is 4.79 Å². The fourth-order valence-electron chi connectivity index (χ4n) is 1.88. The van der Waals surface area contributed by atoms with E-state index in [2.05, 4.69) is 0 Å². The van der Waals surface area contributed by atoms with Crippen LogP contribution in [-0.2, 0) is 5.75 Å². The summed E-state index contributed by atoms with van der Waals surface area (Å²) < 4.78 is 5.23. The van der Waals surface area contributed by atoms with Crippen LogP contribution in [0.15, 0.2) is 33.5 Å². The smallest absolute Gasteiger partial charge is 0.336 e. The lowest BCUT2D eigenvalue weighted by molar-refractivity contribution is 0.250. The van der Waals surface area contributed by atoms with E-state index in [0.29, 0.717) is 5.58 Å². The van der Waals surface area contributed by atoms with E-state index in [4.69, 9.17) is 9.52 Å². The highest BCUT2D eigenvalue weighted by Gasteiger charge is 2.07. The molecule has 1 N–H and O–H groups in total. The molecule has 0 spiro atoms. The average Bonchev–Trinajstić information content (AvgIpc) is 2.37. The lowest BCUT2D eigenvalue weighted by atomic mass is 10.1. The van der Waals surface area contributed by atoms with E-state index in [1.807, 2.05) is 32.0 Å². The van der Waals surface area contributed by atoms with Crippen LogP contribution in [0.3, 0.4) is 0 Å². The Bertz CT molecular complexity index is 618. The van der Waals surface area contributed by atoms with Gasteiger partial charge in [-0.3, -0.25) is 0 Å². The third kappa shape index (κ3) is 3.61. The van der Waals surface area contributed by atoms with Crippen molar-refractivity contribution in [2.45, 2.75) is 19.6 Å². The van der Waals surface area contributed by atoms with E-state index >= 15 is 0 Å². The normalized spacial score (nSPS) is 12.8. The van der Waals surface area contributed by atoms with Crippen molar-refractivity contribution in [3.05, 3.63) is 45.8 Å². The molecule has 0 saturated heterocycles. The fourth-order valence-corrected chi connectivity index (χ4v) is 2.96. The van der Waals surface area contributed by atoms with Crippen LogP contribution in [0.4, 0.5) is 0 Å². The fraction of sp³-hybridized carbons (Fsp3) is 0.400. The van der Waals surface area contributed by atoms with Crippen LogP contribution in [0.2, 0.25) is 0 Å². The van der Waals surface area contributed by atoms with Gasteiger partial charge in [-0.2, -0.15) is 11.8 Å². The third-order valence-electron chi connectivity index (χ3n) is 2.96. The topological polar surface area (TPSA) is 50.4 Å². The highest BCUT2D eigenvalue weighted by molar-refractivity contribution is 7.98. The second-order valence-corrected chi connectivity index (χ2v) is 5.92. The van der Waals surface area contributed by atoms with E-state index in [0.717, 1.165) is 28.0 Å². The second-order valence-electron chi connectivity index (χ2n) is 4.89. The Hall–Kier alpha value is -1.26. The molecule has 2 aromatic rings. The zero-order valence-electron chi connectivity index (χ0n) is 11.2. The quantitative estimate of drug-likeness (QED) is 0.854. The molecule has 1 unspecified atom stereocenters. The van der Waals surface area contributed by atoms with Crippen LogP contribution >= 0.6 is 11.8 Å². The highest BCUT2D eigenvalue weighted by atomic mass is 32.2. The van der Waals surface area contributed by atoms with Crippen molar-refractivity contribution >= 4 is 22.7 Å². The van der Waals surface area contributed by atoms with E-state index in [9.17, 15) is 4.79 Å². The van der Waals surface area contributed by atoms with Crippen molar-refractivity contribution in [3.8, 4) is 0 Å². The van der Waals surface area contributed by atoms with Crippen molar-refractivity contribution in [3.63, 3.8) is 0 Å². The number of hydrogen-bond donors (Lipinski definition) is 1. The Labute approximate surface area is 116 Å². The van der Waals surface area contributed by atoms with Gasteiger partial charge >= 0.3 is 5.63 Å². The Morgan fingerprint density at radius 2 is 2.16 bits per heavy atom. The predicted octanol–water partition coefficient (Wildman–Crippen LogP) is 2.96. The molecule has 0 fully saturated rings. The van der Waals surface area contributed by atoms with E-state index in [1.165, 1.54) is 0 Å². The molecule has 0 radical (unpaired) electrons. The summed E-state index contributed by atoms with van der Waals surface area (Å²) in [6.07, 6.45) is 0. The SMILES string of the molecule is Cc1ccc2c(CSCC(C)CO)cc(=O)oc2c1. The summed E-state index contributed by atoms with van der Waals surface area (Å²) in [5, 5.41) is 9.99. The van der Waals surface area contributed by atoms with Crippen molar-refractivity contribution in [1.82, 2.24) is 0 Å². The Kier molecular flexibility index (Phi) is 4.66. The van der Waals surface area contributed by atoms with Gasteiger partial charge in [0.25, 0.3) is 0 Å². The first-order chi connectivity index (χ1) is 9.10. The number of benzene rings is 1. The summed E-state index contributed by atoms with van der Waals surface area (Å²) in [7, 11) is 0. The van der Waals surface area contributed by atoms with E-state index in [-0.39, 0.29) is 18.2 Å². The molecule has 0 saturated carbocycles. The second kappa shape index (κ2) is 6.26. The molecule has 0 aliphatic carbocycles. The minimum absolute atomic E-state index is 0.198. The third-order valence-corrected chi connectivity index (χ3v) is 4.28. The van der Waals surface area contributed by atoms with E-state index in [1.54, 1.807) is 17.8 Å². The Balaban J connectivity index is 2.24. The van der Waals surface area contributed by atoms with Gasteiger partial charge in [-0.05, 0) is 35.8 Å². The van der Waals surface area contributed by atoms with Gasteiger partial charge < -0.3 is 9.52 Å². The van der Waals surface area contributed by atoms with Crippen LogP contribution in [-0.4, -0.2) is 17.5 Å². The van der Waals surface area contributed by atoms with Gasteiger partial charge in [-0.1, -0.05) is 19.1 Å². The van der Waals surface area contributed by atoms with Gasteiger partial charge in [-0.15, -0.1) is 0 Å². The molecule has 4 heteroatoms. The molecular formula is C15H18O3S. The number of aliphatic hydroxyl groups excluding tert-OH is 1. The van der Waals surface area contributed by atoms with Crippen molar-refractivity contribution in [2.24, 2.45) is 5.92 Å². The summed E-state index contributed by atoms with van der Waals surface area (Å²) in [6.45, 7) is 4.18. The van der Waals surface area contributed by atoms with Crippen LogP contribution in [0.1, 0.15) is 18.1 Å². The molecule has 0 bridgehead atoms. The molecule has 1 atom stereocenters. The summed E-state index contributed by atoms with van der Waals surface area (Å²) in [4.78, 5) is 11.6. The zero-order valence-corrected chi connectivity index (χ0v) is 12.0. The molecule has 1 aromatic heterocycles. The molecule has 0 amide bonds. The summed E-state index contributed by atoms with van der Waals surface area (Å²) in [5.74, 6) is 1.91. The van der Waals surface area contributed by atoms with Gasteiger partial charge in [0.05, 0.1) is 0 Å². The standard InChI is InChI=1S/C15H18O3S/c1-10-3-4-13-12(9-19-8-11(2)7-16)6-15(17)18-14(13)5-10/h3-6,11,16H,7-9H2,1-2H3. The van der Waals surface area contributed by atoms with Gasteiger partial charge in [0, 0.05) is 23.8 Å². The minimum Gasteiger partial charge on any atom is -0.423 e. The lowest BCUT2D eigenvalue weighted by Crippen LogP contribution is -2.04. The Morgan fingerprint density at radius 3 is 2.89 bits per heavy atom. The molecule has 3 nitrogen and oxygen atoms in total. The number of hydrogen-bond acceptors (Lipinski definition) is 4. The highest BCUT2D eigenvalue weighted by Crippen LogP contribution is 2.23. The molecule has 1 heterocycles. The van der Waals surface area contributed by atoms with Crippen LogP contribution in [0.25, 0.3) is 11.0 Å². The molecule has 19 heavy (non-hydrogen) atoms. The molecule has 0 aliphatic heterocycles. The van der Waals surface area contributed by atoms with Crippen LogP contribution < -0.4 is 5.63 Å². The summed E-state index contributed by atoms with van der Waals surface area (Å²) in [6, 6.07) is 7.47. The number of rotatable bonds is 5. The zero-order chi connectivity index (χ0) is 13.8.